The second-order valence-corrected chi connectivity index (χ2v) is 7.30. The van der Waals surface area contributed by atoms with Crippen LogP contribution in [0.15, 0.2) is 71.8 Å². The SMILES string of the molecule is Oc1ccc(Cl)cc1[C@H]1Oc2ccccc2[C@@H]2CC(c3ccc(F)cc3)=NN12. The molecular weight excluding hydrogens is 379 g/mol. The molecule has 0 bridgehead atoms. The second-order valence-electron chi connectivity index (χ2n) is 6.86. The number of fused-ring (bicyclic) bond motifs is 3. The van der Waals surface area contributed by atoms with Crippen LogP contribution in [-0.2, 0) is 0 Å². The lowest BCUT2D eigenvalue weighted by molar-refractivity contribution is -0.0203. The van der Waals surface area contributed by atoms with Gasteiger partial charge in [-0.25, -0.2) is 9.40 Å². The molecule has 0 saturated heterocycles. The molecule has 0 unspecified atom stereocenters. The molecule has 0 saturated carbocycles. The average molecular weight is 395 g/mol. The van der Waals surface area contributed by atoms with Gasteiger partial charge in [0.25, 0.3) is 0 Å². The number of para-hydroxylation sites is 1. The molecule has 3 aromatic carbocycles. The summed E-state index contributed by atoms with van der Waals surface area (Å²) in [6.07, 6.45) is 0.0423. The van der Waals surface area contributed by atoms with E-state index in [1.807, 2.05) is 29.3 Å². The van der Waals surface area contributed by atoms with Gasteiger partial charge in [0.05, 0.1) is 17.3 Å². The zero-order valence-electron chi connectivity index (χ0n) is 14.7. The second kappa shape index (κ2) is 6.53. The molecule has 0 amide bonds. The first kappa shape index (κ1) is 17.1. The van der Waals surface area contributed by atoms with Gasteiger partial charge < -0.3 is 9.84 Å². The van der Waals surface area contributed by atoms with E-state index in [2.05, 4.69) is 0 Å². The Morgan fingerprint density at radius 3 is 2.64 bits per heavy atom. The first-order valence-electron chi connectivity index (χ1n) is 8.96. The summed E-state index contributed by atoms with van der Waals surface area (Å²) >= 11 is 6.16. The van der Waals surface area contributed by atoms with Gasteiger partial charge in [-0.1, -0.05) is 41.9 Å². The molecule has 3 aromatic rings. The maximum atomic E-state index is 13.3. The van der Waals surface area contributed by atoms with Gasteiger partial charge in [0.2, 0.25) is 6.23 Å². The van der Waals surface area contributed by atoms with Crippen LogP contribution in [-0.4, -0.2) is 15.8 Å². The number of phenolic OH excluding ortho intramolecular Hbond substituents is 1. The van der Waals surface area contributed by atoms with E-state index in [0.717, 1.165) is 22.6 Å². The van der Waals surface area contributed by atoms with Crippen molar-refractivity contribution in [1.29, 1.82) is 0 Å². The van der Waals surface area contributed by atoms with Crippen molar-refractivity contribution in [3.05, 3.63) is 94.3 Å². The number of ether oxygens (including phenoxy) is 1. The Bertz CT molecular complexity index is 1080. The molecule has 5 rings (SSSR count). The highest BCUT2D eigenvalue weighted by atomic mass is 35.5. The quantitative estimate of drug-likeness (QED) is 0.630. The normalized spacial score (nSPS) is 20.2. The number of nitrogens with zero attached hydrogens (tertiary/aromatic N) is 2. The molecule has 2 heterocycles. The van der Waals surface area contributed by atoms with Crippen LogP contribution in [0.5, 0.6) is 11.5 Å². The molecule has 140 valence electrons. The fourth-order valence-electron chi connectivity index (χ4n) is 3.78. The van der Waals surface area contributed by atoms with Gasteiger partial charge >= 0.3 is 0 Å². The van der Waals surface area contributed by atoms with Crippen molar-refractivity contribution in [2.24, 2.45) is 5.10 Å². The summed E-state index contributed by atoms with van der Waals surface area (Å²) in [6.45, 7) is 0. The van der Waals surface area contributed by atoms with Gasteiger partial charge in [0.1, 0.15) is 17.3 Å². The fraction of sp³-hybridized carbons (Fsp3) is 0.136. The topological polar surface area (TPSA) is 45.1 Å². The van der Waals surface area contributed by atoms with Gasteiger partial charge in [0.15, 0.2) is 0 Å². The van der Waals surface area contributed by atoms with Crippen LogP contribution >= 0.6 is 11.6 Å². The lowest BCUT2D eigenvalue weighted by Gasteiger charge is -2.38. The van der Waals surface area contributed by atoms with Gasteiger partial charge in [-0.2, -0.15) is 5.10 Å². The molecule has 0 radical (unpaired) electrons. The molecule has 0 fully saturated rings. The van der Waals surface area contributed by atoms with Crippen molar-refractivity contribution in [1.82, 2.24) is 5.01 Å². The first-order valence-corrected chi connectivity index (χ1v) is 9.34. The molecule has 0 aliphatic carbocycles. The van der Waals surface area contributed by atoms with E-state index in [9.17, 15) is 9.50 Å². The summed E-state index contributed by atoms with van der Waals surface area (Å²) in [5.74, 6) is 0.567. The van der Waals surface area contributed by atoms with Gasteiger partial charge in [-0.3, -0.25) is 0 Å². The molecule has 0 aromatic heterocycles. The Hall–Kier alpha value is -3.05. The summed E-state index contributed by atoms with van der Waals surface area (Å²) < 4.78 is 19.5. The number of hydrogen-bond acceptors (Lipinski definition) is 4. The molecule has 1 N–H and O–H groups in total. The van der Waals surface area contributed by atoms with E-state index in [1.165, 1.54) is 12.1 Å². The maximum absolute atomic E-state index is 13.3. The van der Waals surface area contributed by atoms with E-state index in [4.69, 9.17) is 21.4 Å². The summed E-state index contributed by atoms with van der Waals surface area (Å²) in [5, 5.41) is 17.6. The van der Waals surface area contributed by atoms with Crippen LogP contribution in [0, 0.1) is 5.82 Å². The van der Waals surface area contributed by atoms with Gasteiger partial charge in [-0.05, 0) is 42.0 Å². The van der Waals surface area contributed by atoms with Crippen molar-refractivity contribution < 1.29 is 14.2 Å². The van der Waals surface area contributed by atoms with Gasteiger partial charge in [0, 0.05) is 17.0 Å². The molecule has 6 heteroatoms. The van der Waals surface area contributed by atoms with Crippen LogP contribution < -0.4 is 4.74 Å². The lowest BCUT2D eigenvalue weighted by atomic mass is 9.96. The van der Waals surface area contributed by atoms with Crippen LogP contribution in [0.4, 0.5) is 4.39 Å². The van der Waals surface area contributed by atoms with Crippen LogP contribution in [0.2, 0.25) is 5.02 Å². The number of rotatable bonds is 2. The summed E-state index contributed by atoms with van der Waals surface area (Å²) in [7, 11) is 0. The van der Waals surface area contributed by atoms with Crippen LogP contribution in [0.3, 0.4) is 0 Å². The number of halogens is 2. The van der Waals surface area contributed by atoms with Crippen molar-refractivity contribution in [3.8, 4) is 11.5 Å². The summed E-state index contributed by atoms with van der Waals surface area (Å²) in [5.41, 5.74) is 3.29. The number of hydrogen-bond donors (Lipinski definition) is 1. The number of hydrazone groups is 1. The Morgan fingerprint density at radius 2 is 1.82 bits per heavy atom. The van der Waals surface area contributed by atoms with E-state index in [-0.39, 0.29) is 17.6 Å². The van der Waals surface area contributed by atoms with E-state index in [1.54, 1.807) is 30.3 Å². The number of benzene rings is 3. The third kappa shape index (κ3) is 2.79. The standard InChI is InChI=1S/C22H16ClFN2O2/c23-14-7-10-20(27)17(11-14)22-26-19(16-3-1-2-4-21(16)28-22)12-18(25-26)13-5-8-15(24)9-6-13/h1-11,19,22,27H,12H2/t19-,22+/m0/s1. The zero-order valence-corrected chi connectivity index (χ0v) is 15.5. The largest absolute Gasteiger partial charge is 0.507 e. The Morgan fingerprint density at radius 1 is 1.04 bits per heavy atom. The van der Waals surface area contributed by atoms with Crippen molar-refractivity contribution in [2.75, 3.05) is 0 Å². The molecule has 0 spiro atoms. The Balaban J connectivity index is 1.62. The minimum absolute atomic E-state index is 0.0478. The highest BCUT2D eigenvalue weighted by molar-refractivity contribution is 6.30. The van der Waals surface area contributed by atoms with E-state index in [0.29, 0.717) is 17.0 Å². The fourth-order valence-corrected chi connectivity index (χ4v) is 3.96. The molecule has 2 aliphatic rings. The minimum Gasteiger partial charge on any atom is -0.507 e. The number of aromatic hydroxyl groups is 1. The lowest BCUT2D eigenvalue weighted by Crippen LogP contribution is -2.33. The number of phenols is 1. The van der Waals surface area contributed by atoms with E-state index >= 15 is 0 Å². The highest BCUT2D eigenvalue weighted by Gasteiger charge is 2.41. The van der Waals surface area contributed by atoms with Crippen LogP contribution in [0.25, 0.3) is 0 Å². The summed E-state index contributed by atoms with van der Waals surface area (Å²) in [6, 6.07) is 19.0. The third-order valence-electron chi connectivity index (χ3n) is 5.13. The summed E-state index contributed by atoms with van der Waals surface area (Å²) in [4.78, 5) is 0. The molecule has 2 aliphatic heterocycles. The highest BCUT2D eigenvalue weighted by Crippen LogP contribution is 2.48. The Kier molecular flexibility index (Phi) is 3.98. The predicted octanol–water partition coefficient (Wildman–Crippen LogP) is 5.43. The first-order chi connectivity index (χ1) is 13.6. The third-order valence-corrected chi connectivity index (χ3v) is 5.37. The van der Waals surface area contributed by atoms with Crippen molar-refractivity contribution >= 4 is 17.3 Å². The Labute approximate surface area is 166 Å². The van der Waals surface area contributed by atoms with Gasteiger partial charge in [-0.15, -0.1) is 0 Å². The molecule has 28 heavy (non-hydrogen) atoms. The zero-order chi connectivity index (χ0) is 19.3. The molecular formula is C22H16ClFN2O2. The van der Waals surface area contributed by atoms with Crippen LogP contribution in [0.1, 0.15) is 35.4 Å². The van der Waals surface area contributed by atoms with Crippen molar-refractivity contribution in [3.63, 3.8) is 0 Å². The monoisotopic (exact) mass is 394 g/mol. The maximum Gasteiger partial charge on any atom is 0.217 e. The predicted molar refractivity (Wildman–Crippen MR) is 105 cm³/mol. The van der Waals surface area contributed by atoms with E-state index < -0.39 is 6.23 Å². The van der Waals surface area contributed by atoms with Crippen molar-refractivity contribution in [2.45, 2.75) is 18.7 Å². The molecule has 4 nitrogen and oxygen atoms in total. The smallest absolute Gasteiger partial charge is 0.217 e. The average Bonchev–Trinajstić information content (AvgIpc) is 3.15. The molecule has 2 atom stereocenters. The minimum atomic E-state index is -0.614.